The van der Waals surface area contributed by atoms with Crippen molar-refractivity contribution in [3.05, 3.63) is 29.3 Å². The van der Waals surface area contributed by atoms with Gasteiger partial charge in [-0.1, -0.05) is 12.1 Å². The second kappa shape index (κ2) is 3.38. The molecule has 2 rings (SSSR count). The van der Waals surface area contributed by atoms with Crippen LogP contribution in [-0.4, -0.2) is 6.54 Å². The minimum atomic E-state index is 0.146. The topological polar surface area (TPSA) is 38.0 Å². The Kier molecular flexibility index (Phi) is 2.23. The molecule has 2 nitrogen and oxygen atoms in total. The van der Waals surface area contributed by atoms with Gasteiger partial charge in [-0.15, -0.1) is 0 Å². The van der Waals surface area contributed by atoms with Crippen LogP contribution < -0.4 is 11.1 Å². The predicted octanol–water partition coefficient (Wildman–Crippen LogP) is 2.06. The molecule has 0 bridgehead atoms. The highest BCUT2D eigenvalue weighted by atomic mass is 14.9. The molecule has 1 aromatic carbocycles. The number of benzene rings is 1. The highest BCUT2D eigenvalue weighted by Gasteiger charge is 2.09. The van der Waals surface area contributed by atoms with Gasteiger partial charge in [0.05, 0.1) is 0 Å². The van der Waals surface area contributed by atoms with E-state index in [1.807, 2.05) is 6.92 Å². The van der Waals surface area contributed by atoms with E-state index in [2.05, 4.69) is 23.5 Å². The van der Waals surface area contributed by atoms with Crippen LogP contribution >= 0.6 is 0 Å². The van der Waals surface area contributed by atoms with Gasteiger partial charge in [0.25, 0.3) is 0 Å². The van der Waals surface area contributed by atoms with Crippen LogP contribution in [0.25, 0.3) is 0 Å². The molecule has 13 heavy (non-hydrogen) atoms. The Labute approximate surface area is 79.1 Å². The first-order chi connectivity index (χ1) is 6.27. The molecule has 0 aliphatic carbocycles. The molecule has 1 aromatic rings. The Morgan fingerprint density at radius 3 is 3.08 bits per heavy atom. The largest absolute Gasteiger partial charge is 0.385 e. The predicted molar refractivity (Wildman–Crippen MR) is 55.9 cm³/mol. The third-order valence-electron chi connectivity index (χ3n) is 2.59. The first-order valence-corrected chi connectivity index (χ1v) is 4.89. The molecule has 1 heterocycles. The first-order valence-electron chi connectivity index (χ1n) is 4.89. The third-order valence-corrected chi connectivity index (χ3v) is 2.59. The fourth-order valence-electron chi connectivity index (χ4n) is 1.78. The van der Waals surface area contributed by atoms with Gasteiger partial charge in [-0.05, 0) is 37.0 Å². The lowest BCUT2D eigenvalue weighted by molar-refractivity contribution is 0.796. The van der Waals surface area contributed by atoms with Gasteiger partial charge >= 0.3 is 0 Å². The monoisotopic (exact) mass is 176 g/mol. The van der Waals surface area contributed by atoms with Crippen molar-refractivity contribution in [3.63, 3.8) is 0 Å². The molecule has 1 aliphatic rings. The van der Waals surface area contributed by atoms with Gasteiger partial charge in [-0.25, -0.2) is 0 Å². The summed E-state index contributed by atoms with van der Waals surface area (Å²) >= 11 is 0. The molecule has 0 fully saturated rings. The number of hydrogen-bond donors (Lipinski definition) is 2. The van der Waals surface area contributed by atoms with Crippen molar-refractivity contribution < 1.29 is 0 Å². The van der Waals surface area contributed by atoms with E-state index in [1.165, 1.54) is 29.7 Å². The molecule has 3 N–H and O–H groups in total. The Bertz CT molecular complexity index is 305. The number of nitrogens with two attached hydrogens (primary N) is 1. The Hall–Kier alpha value is -1.02. The number of fused-ring (bicyclic) bond motifs is 1. The van der Waals surface area contributed by atoms with Crippen molar-refractivity contribution in [3.8, 4) is 0 Å². The zero-order valence-corrected chi connectivity index (χ0v) is 8.01. The zero-order valence-electron chi connectivity index (χ0n) is 8.01. The molecule has 1 atom stereocenters. The lowest BCUT2D eigenvalue weighted by Crippen LogP contribution is -2.13. The Morgan fingerprint density at radius 1 is 1.46 bits per heavy atom. The summed E-state index contributed by atoms with van der Waals surface area (Å²) < 4.78 is 0. The maximum atomic E-state index is 5.83. The quantitative estimate of drug-likeness (QED) is 0.687. The van der Waals surface area contributed by atoms with Crippen molar-refractivity contribution in [1.82, 2.24) is 0 Å². The van der Waals surface area contributed by atoms with Crippen LogP contribution in [0.15, 0.2) is 18.2 Å². The Balaban J connectivity index is 2.35. The summed E-state index contributed by atoms with van der Waals surface area (Å²) in [4.78, 5) is 0. The molecule has 0 aromatic heterocycles. The van der Waals surface area contributed by atoms with Crippen molar-refractivity contribution in [2.24, 2.45) is 5.73 Å². The van der Waals surface area contributed by atoms with Crippen LogP contribution in [0, 0.1) is 0 Å². The first kappa shape index (κ1) is 8.57. The minimum absolute atomic E-state index is 0.146. The molecular weight excluding hydrogens is 160 g/mol. The van der Waals surface area contributed by atoms with E-state index in [1.54, 1.807) is 0 Å². The summed E-state index contributed by atoms with van der Waals surface area (Å²) in [6.45, 7) is 3.13. The normalized spacial score (nSPS) is 17.4. The van der Waals surface area contributed by atoms with Crippen LogP contribution in [0.1, 0.15) is 30.5 Å². The molecule has 0 spiro atoms. The second-order valence-electron chi connectivity index (χ2n) is 3.74. The Morgan fingerprint density at radius 2 is 2.31 bits per heavy atom. The number of hydrogen-bond acceptors (Lipinski definition) is 2. The minimum Gasteiger partial charge on any atom is -0.385 e. The standard InChI is InChI=1S/C11H16N2/c1-8(12)9-4-5-11-10(7-9)3-2-6-13-11/h4-5,7-8,13H,2-3,6,12H2,1H3. The molecule has 0 amide bonds. The molecule has 70 valence electrons. The van der Waals surface area contributed by atoms with Gasteiger partial charge in [0.2, 0.25) is 0 Å². The number of anilines is 1. The lowest BCUT2D eigenvalue weighted by Gasteiger charge is -2.19. The summed E-state index contributed by atoms with van der Waals surface area (Å²) in [5.74, 6) is 0. The molecule has 0 saturated heterocycles. The number of nitrogens with one attached hydrogen (secondary N) is 1. The van der Waals surface area contributed by atoms with E-state index in [9.17, 15) is 0 Å². The molecular formula is C11H16N2. The van der Waals surface area contributed by atoms with Gasteiger partial charge in [0.1, 0.15) is 0 Å². The summed E-state index contributed by atoms with van der Waals surface area (Å²) in [5, 5.41) is 3.39. The van der Waals surface area contributed by atoms with Crippen LogP contribution in [0.5, 0.6) is 0 Å². The smallest absolute Gasteiger partial charge is 0.0372 e. The van der Waals surface area contributed by atoms with Gasteiger partial charge < -0.3 is 11.1 Å². The fraction of sp³-hybridized carbons (Fsp3) is 0.455. The third kappa shape index (κ3) is 1.68. The second-order valence-corrected chi connectivity index (χ2v) is 3.74. The van der Waals surface area contributed by atoms with Crippen molar-refractivity contribution in [1.29, 1.82) is 0 Å². The van der Waals surface area contributed by atoms with E-state index >= 15 is 0 Å². The lowest BCUT2D eigenvalue weighted by atomic mass is 9.98. The van der Waals surface area contributed by atoms with Gasteiger partial charge in [0.15, 0.2) is 0 Å². The van der Waals surface area contributed by atoms with Crippen LogP contribution in [0.2, 0.25) is 0 Å². The highest BCUT2D eigenvalue weighted by molar-refractivity contribution is 5.54. The molecule has 0 saturated carbocycles. The van der Waals surface area contributed by atoms with Crippen molar-refractivity contribution in [2.45, 2.75) is 25.8 Å². The molecule has 1 unspecified atom stereocenters. The average Bonchev–Trinajstić information content (AvgIpc) is 2.17. The van der Waals surface area contributed by atoms with Crippen LogP contribution in [0.3, 0.4) is 0 Å². The summed E-state index contributed by atoms with van der Waals surface area (Å²) in [6.07, 6.45) is 2.41. The molecule has 0 radical (unpaired) electrons. The maximum absolute atomic E-state index is 5.83. The maximum Gasteiger partial charge on any atom is 0.0372 e. The van der Waals surface area contributed by atoms with E-state index < -0.39 is 0 Å². The van der Waals surface area contributed by atoms with Crippen LogP contribution in [-0.2, 0) is 6.42 Å². The van der Waals surface area contributed by atoms with Gasteiger partial charge in [0, 0.05) is 18.3 Å². The summed E-state index contributed by atoms with van der Waals surface area (Å²) in [5.41, 5.74) is 9.77. The van der Waals surface area contributed by atoms with Gasteiger partial charge in [-0.2, -0.15) is 0 Å². The van der Waals surface area contributed by atoms with E-state index in [-0.39, 0.29) is 6.04 Å². The van der Waals surface area contributed by atoms with Crippen molar-refractivity contribution in [2.75, 3.05) is 11.9 Å². The highest BCUT2D eigenvalue weighted by Crippen LogP contribution is 2.24. The zero-order chi connectivity index (χ0) is 9.26. The number of rotatable bonds is 1. The molecule has 1 aliphatic heterocycles. The van der Waals surface area contributed by atoms with E-state index in [0.29, 0.717) is 0 Å². The fourth-order valence-corrected chi connectivity index (χ4v) is 1.78. The van der Waals surface area contributed by atoms with E-state index in [4.69, 9.17) is 5.73 Å². The van der Waals surface area contributed by atoms with Gasteiger partial charge in [-0.3, -0.25) is 0 Å². The van der Waals surface area contributed by atoms with E-state index in [0.717, 1.165) is 6.54 Å². The number of aryl methyl sites for hydroxylation is 1. The molecule has 2 heteroatoms. The van der Waals surface area contributed by atoms with Crippen LogP contribution in [0.4, 0.5) is 5.69 Å². The van der Waals surface area contributed by atoms with Crippen molar-refractivity contribution >= 4 is 5.69 Å². The summed E-state index contributed by atoms with van der Waals surface area (Å²) in [7, 11) is 0. The average molecular weight is 176 g/mol. The summed E-state index contributed by atoms with van der Waals surface area (Å²) in [6, 6.07) is 6.63. The SMILES string of the molecule is CC(N)c1ccc2c(c1)CCCN2.